The minimum absolute atomic E-state index is 0.152. The first-order valence-electron chi connectivity index (χ1n) is 6.17. The topological polar surface area (TPSA) is 39.9 Å². The van der Waals surface area contributed by atoms with Gasteiger partial charge >= 0.3 is 0 Å². The van der Waals surface area contributed by atoms with Crippen molar-refractivity contribution in [1.82, 2.24) is 4.98 Å². The van der Waals surface area contributed by atoms with E-state index in [2.05, 4.69) is 36.7 Å². The summed E-state index contributed by atoms with van der Waals surface area (Å²) in [7, 11) is 0. The summed E-state index contributed by atoms with van der Waals surface area (Å²) in [5.74, 6) is 1.76. The van der Waals surface area contributed by atoms with Crippen molar-refractivity contribution in [3.05, 3.63) is 23.9 Å². The zero-order valence-electron chi connectivity index (χ0n) is 10.8. The summed E-state index contributed by atoms with van der Waals surface area (Å²) in [6.45, 7) is 7.89. The Morgan fingerprint density at radius 1 is 1.47 bits per heavy atom. The van der Waals surface area contributed by atoms with Crippen LogP contribution in [0.1, 0.15) is 39.2 Å². The predicted octanol–water partition coefficient (Wildman–Crippen LogP) is 2.97. The Morgan fingerprint density at radius 3 is 2.76 bits per heavy atom. The Hall–Kier alpha value is -1.56. The van der Waals surface area contributed by atoms with E-state index in [0.717, 1.165) is 18.3 Å². The quantitative estimate of drug-likeness (QED) is 0.743. The van der Waals surface area contributed by atoms with Gasteiger partial charge in [0.2, 0.25) is 0 Å². The summed E-state index contributed by atoms with van der Waals surface area (Å²) in [5.41, 5.74) is 0.774. The molecule has 0 spiro atoms. The first kappa shape index (κ1) is 11.9. The Kier molecular flexibility index (Phi) is 3.06. The van der Waals surface area contributed by atoms with Crippen LogP contribution in [0.25, 0.3) is 0 Å². The fraction of sp³-hybridized carbons (Fsp3) is 0.571. The van der Waals surface area contributed by atoms with Crippen LogP contribution in [0, 0.1) is 17.2 Å². The van der Waals surface area contributed by atoms with E-state index in [9.17, 15) is 0 Å². The third kappa shape index (κ3) is 2.41. The maximum atomic E-state index is 8.77. The van der Waals surface area contributed by atoms with Crippen molar-refractivity contribution in [1.29, 1.82) is 5.26 Å². The molecule has 0 aliphatic carbocycles. The third-order valence-corrected chi connectivity index (χ3v) is 3.58. The number of pyridine rings is 1. The fourth-order valence-electron chi connectivity index (χ4n) is 2.75. The average Bonchev–Trinajstić information content (AvgIpc) is 2.28. The maximum absolute atomic E-state index is 8.77. The van der Waals surface area contributed by atoms with E-state index >= 15 is 0 Å². The first-order valence-corrected chi connectivity index (χ1v) is 6.17. The average molecular weight is 229 g/mol. The summed E-state index contributed by atoms with van der Waals surface area (Å²) in [4.78, 5) is 6.75. The van der Waals surface area contributed by atoms with Gasteiger partial charge in [-0.15, -0.1) is 0 Å². The van der Waals surface area contributed by atoms with E-state index in [1.54, 1.807) is 6.20 Å². The lowest BCUT2D eigenvalue weighted by molar-refractivity contribution is 0.288. The molecule has 0 bridgehead atoms. The van der Waals surface area contributed by atoms with E-state index < -0.39 is 0 Å². The molecule has 1 atom stereocenters. The van der Waals surface area contributed by atoms with E-state index in [0.29, 0.717) is 5.56 Å². The highest BCUT2D eigenvalue weighted by molar-refractivity contribution is 5.44. The molecular weight excluding hydrogens is 210 g/mol. The van der Waals surface area contributed by atoms with Gasteiger partial charge in [0.25, 0.3) is 0 Å². The molecule has 2 heterocycles. The molecule has 90 valence electrons. The molecule has 0 radical (unpaired) electrons. The van der Waals surface area contributed by atoms with Gasteiger partial charge in [0.15, 0.2) is 0 Å². The monoisotopic (exact) mass is 229 g/mol. The molecule has 1 fully saturated rings. The van der Waals surface area contributed by atoms with Crippen LogP contribution >= 0.6 is 0 Å². The van der Waals surface area contributed by atoms with Crippen LogP contribution in [0.4, 0.5) is 5.82 Å². The van der Waals surface area contributed by atoms with E-state index in [-0.39, 0.29) is 5.54 Å². The summed E-state index contributed by atoms with van der Waals surface area (Å²) in [6.07, 6.45) is 4.06. The maximum Gasteiger partial charge on any atom is 0.129 e. The van der Waals surface area contributed by atoms with Gasteiger partial charge in [-0.1, -0.05) is 6.92 Å². The van der Waals surface area contributed by atoms with Gasteiger partial charge in [-0.2, -0.15) is 5.26 Å². The second kappa shape index (κ2) is 4.37. The molecule has 0 aromatic carbocycles. The zero-order valence-corrected chi connectivity index (χ0v) is 10.8. The van der Waals surface area contributed by atoms with Crippen LogP contribution in [-0.2, 0) is 0 Å². The predicted molar refractivity (Wildman–Crippen MR) is 68.8 cm³/mol. The molecule has 1 aromatic rings. The Balaban J connectivity index is 2.24. The second-order valence-corrected chi connectivity index (χ2v) is 5.58. The summed E-state index contributed by atoms with van der Waals surface area (Å²) < 4.78 is 0. The molecule has 1 aliphatic heterocycles. The summed E-state index contributed by atoms with van der Waals surface area (Å²) >= 11 is 0. The minimum atomic E-state index is 0.152. The lowest BCUT2D eigenvalue weighted by atomic mass is 9.84. The molecule has 3 heteroatoms. The minimum Gasteiger partial charge on any atom is -0.351 e. The van der Waals surface area contributed by atoms with Gasteiger partial charge in [-0.25, -0.2) is 4.98 Å². The number of hydrogen-bond donors (Lipinski definition) is 0. The Bertz CT molecular complexity index is 428. The summed E-state index contributed by atoms with van der Waals surface area (Å²) in [5, 5.41) is 8.77. The number of hydrogen-bond acceptors (Lipinski definition) is 3. The Labute approximate surface area is 103 Å². The molecule has 1 unspecified atom stereocenters. The first-order chi connectivity index (χ1) is 8.03. The van der Waals surface area contributed by atoms with Crippen LogP contribution in [0.15, 0.2) is 18.3 Å². The van der Waals surface area contributed by atoms with Crippen molar-refractivity contribution in [3.63, 3.8) is 0 Å². The Morgan fingerprint density at radius 2 is 2.24 bits per heavy atom. The number of aromatic nitrogens is 1. The van der Waals surface area contributed by atoms with Crippen molar-refractivity contribution >= 4 is 5.82 Å². The smallest absolute Gasteiger partial charge is 0.129 e. The van der Waals surface area contributed by atoms with Gasteiger partial charge in [0, 0.05) is 18.3 Å². The van der Waals surface area contributed by atoms with Crippen LogP contribution in [0.5, 0.6) is 0 Å². The molecular formula is C14H19N3. The van der Waals surface area contributed by atoms with Crippen molar-refractivity contribution in [3.8, 4) is 6.07 Å². The van der Waals surface area contributed by atoms with Crippen molar-refractivity contribution in [2.24, 2.45) is 5.92 Å². The van der Waals surface area contributed by atoms with Crippen molar-refractivity contribution in [2.45, 2.75) is 39.2 Å². The lowest BCUT2D eigenvalue weighted by Gasteiger charge is -2.45. The van der Waals surface area contributed by atoms with Gasteiger partial charge in [-0.05, 0) is 44.7 Å². The van der Waals surface area contributed by atoms with Gasteiger partial charge in [0.05, 0.1) is 5.56 Å². The van der Waals surface area contributed by atoms with Crippen molar-refractivity contribution in [2.75, 3.05) is 11.4 Å². The van der Waals surface area contributed by atoms with Crippen LogP contribution in [0.3, 0.4) is 0 Å². The molecule has 3 nitrogen and oxygen atoms in total. The molecule has 0 amide bonds. The van der Waals surface area contributed by atoms with Crippen LogP contribution in [-0.4, -0.2) is 17.1 Å². The fourth-order valence-corrected chi connectivity index (χ4v) is 2.75. The van der Waals surface area contributed by atoms with Gasteiger partial charge < -0.3 is 4.90 Å². The van der Waals surface area contributed by atoms with Crippen LogP contribution in [0.2, 0.25) is 0 Å². The zero-order chi connectivity index (χ0) is 12.5. The normalized spacial score (nSPS) is 23.2. The van der Waals surface area contributed by atoms with Crippen molar-refractivity contribution < 1.29 is 0 Å². The number of anilines is 1. The highest BCUT2D eigenvalue weighted by Gasteiger charge is 2.33. The molecule has 0 saturated carbocycles. The third-order valence-electron chi connectivity index (χ3n) is 3.58. The number of rotatable bonds is 1. The molecule has 0 N–H and O–H groups in total. The van der Waals surface area contributed by atoms with E-state index in [1.807, 2.05) is 12.1 Å². The number of nitriles is 1. The number of piperidine rings is 1. The molecule has 17 heavy (non-hydrogen) atoms. The van der Waals surface area contributed by atoms with E-state index in [4.69, 9.17) is 5.26 Å². The molecule has 1 aromatic heterocycles. The molecule has 1 aliphatic rings. The highest BCUT2D eigenvalue weighted by Crippen LogP contribution is 2.34. The lowest BCUT2D eigenvalue weighted by Crippen LogP contribution is -2.50. The SMILES string of the molecule is CC1CCN(c2ccc(C#N)cn2)C(C)(C)C1. The number of nitrogens with zero attached hydrogens (tertiary/aromatic N) is 3. The standard InChI is InChI=1S/C14H19N3/c1-11-6-7-17(14(2,3)8-11)13-5-4-12(9-15)10-16-13/h4-5,10-11H,6-8H2,1-3H3. The van der Waals surface area contributed by atoms with Gasteiger partial charge in [0.1, 0.15) is 11.9 Å². The van der Waals surface area contributed by atoms with Crippen LogP contribution < -0.4 is 4.90 Å². The highest BCUT2D eigenvalue weighted by atomic mass is 15.2. The molecule has 2 rings (SSSR count). The summed E-state index contributed by atoms with van der Waals surface area (Å²) in [6, 6.07) is 5.90. The second-order valence-electron chi connectivity index (χ2n) is 5.58. The largest absolute Gasteiger partial charge is 0.351 e. The van der Waals surface area contributed by atoms with Gasteiger partial charge in [-0.3, -0.25) is 0 Å². The van der Waals surface area contributed by atoms with E-state index in [1.165, 1.54) is 12.8 Å². The molecule has 1 saturated heterocycles.